The van der Waals surface area contributed by atoms with E-state index < -0.39 is 10.0 Å². The average molecular weight is 333 g/mol. The first-order chi connectivity index (χ1) is 9.65. The highest BCUT2D eigenvalue weighted by atomic mass is 32.2. The van der Waals surface area contributed by atoms with Crippen LogP contribution in [0.25, 0.3) is 0 Å². The zero-order chi connectivity index (χ0) is 15.7. The molecule has 9 heteroatoms. The van der Waals surface area contributed by atoms with E-state index in [-0.39, 0.29) is 11.2 Å². The SMILES string of the molecule is CC(C)(C)c1nsc(N2CCN(CCS(N)(=O)=O)CC2)n1. The number of rotatable bonds is 4. The van der Waals surface area contributed by atoms with Gasteiger partial charge in [-0.2, -0.15) is 4.37 Å². The molecule has 0 atom stereocenters. The molecule has 2 heterocycles. The molecule has 1 aromatic rings. The molecular weight excluding hydrogens is 310 g/mol. The lowest BCUT2D eigenvalue weighted by molar-refractivity contribution is 0.272. The normalized spacial score (nSPS) is 18.2. The van der Waals surface area contributed by atoms with Crippen LogP contribution in [0.1, 0.15) is 26.6 Å². The van der Waals surface area contributed by atoms with Gasteiger partial charge in [-0.1, -0.05) is 20.8 Å². The van der Waals surface area contributed by atoms with E-state index in [0.29, 0.717) is 6.54 Å². The first-order valence-corrected chi connectivity index (χ1v) is 9.46. The Hall–Kier alpha value is -0.770. The van der Waals surface area contributed by atoms with Gasteiger partial charge >= 0.3 is 0 Å². The third-order valence-corrected chi connectivity index (χ3v) is 4.95. The fourth-order valence-electron chi connectivity index (χ4n) is 2.07. The lowest BCUT2D eigenvalue weighted by Gasteiger charge is -2.34. The first-order valence-electron chi connectivity index (χ1n) is 6.97. The summed E-state index contributed by atoms with van der Waals surface area (Å²) in [6, 6.07) is 0. The van der Waals surface area contributed by atoms with E-state index in [0.717, 1.165) is 37.1 Å². The topological polar surface area (TPSA) is 92.4 Å². The second kappa shape index (κ2) is 6.15. The van der Waals surface area contributed by atoms with Gasteiger partial charge in [0.1, 0.15) is 5.82 Å². The van der Waals surface area contributed by atoms with Gasteiger partial charge in [0.05, 0.1) is 5.75 Å². The van der Waals surface area contributed by atoms with Gasteiger partial charge in [-0.15, -0.1) is 0 Å². The van der Waals surface area contributed by atoms with E-state index in [1.807, 2.05) is 0 Å². The van der Waals surface area contributed by atoms with Crippen LogP contribution in [0.2, 0.25) is 0 Å². The van der Waals surface area contributed by atoms with Gasteiger partial charge in [0, 0.05) is 49.7 Å². The predicted molar refractivity (Wildman–Crippen MR) is 85.2 cm³/mol. The summed E-state index contributed by atoms with van der Waals surface area (Å²) in [7, 11) is -3.38. The molecule has 0 unspecified atom stereocenters. The number of anilines is 1. The number of nitrogens with two attached hydrogens (primary N) is 1. The summed E-state index contributed by atoms with van der Waals surface area (Å²) in [5.41, 5.74) is -0.0357. The van der Waals surface area contributed by atoms with Gasteiger partial charge in [0.25, 0.3) is 0 Å². The van der Waals surface area contributed by atoms with Gasteiger partial charge in [-0.25, -0.2) is 18.5 Å². The minimum atomic E-state index is -3.38. The molecule has 0 aromatic carbocycles. The number of sulfonamides is 1. The van der Waals surface area contributed by atoms with E-state index in [9.17, 15) is 8.42 Å². The third-order valence-electron chi connectivity index (χ3n) is 3.42. The summed E-state index contributed by atoms with van der Waals surface area (Å²) in [5.74, 6) is 0.888. The maximum atomic E-state index is 11.0. The van der Waals surface area contributed by atoms with Crippen molar-refractivity contribution in [1.82, 2.24) is 14.3 Å². The molecule has 0 saturated carbocycles. The second-order valence-electron chi connectivity index (χ2n) is 6.35. The Labute approximate surface area is 130 Å². The fourth-order valence-corrected chi connectivity index (χ4v) is 3.49. The molecule has 21 heavy (non-hydrogen) atoms. The van der Waals surface area contributed by atoms with Crippen molar-refractivity contribution in [3.8, 4) is 0 Å². The van der Waals surface area contributed by atoms with Crippen LogP contribution in [0.5, 0.6) is 0 Å². The smallest absolute Gasteiger partial charge is 0.210 e. The van der Waals surface area contributed by atoms with Crippen LogP contribution in [0.3, 0.4) is 0 Å². The van der Waals surface area contributed by atoms with Crippen LogP contribution in [-0.2, 0) is 15.4 Å². The summed E-state index contributed by atoms with van der Waals surface area (Å²) in [6.07, 6.45) is 0. The molecule has 7 nitrogen and oxygen atoms in total. The van der Waals surface area contributed by atoms with Crippen LogP contribution >= 0.6 is 11.5 Å². The highest BCUT2D eigenvalue weighted by Crippen LogP contribution is 2.25. The maximum absolute atomic E-state index is 11.0. The summed E-state index contributed by atoms with van der Waals surface area (Å²) < 4.78 is 26.4. The van der Waals surface area contributed by atoms with Gasteiger partial charge in [-0.3, -0.25) is 4.90 Å². The molecule has 1 saturated heterocycles. The van der Waals surface area contributed by atoms with E-state index in [1.165, 1.54) is 11.5 Å². The molecule has 120 valence electrons. The number of primary sulfonamides is 1. The first kappa shape index (κ1) is 16.6. The summed E-state index contributed by atoms with van der Waals surface area (Å²) in [5, 5.41) is 5.98. The van der Waals surface area contributed by atoms with Crippen molar-refractivity contribution in [1.29, 1.82) is 0 Å². The van der Waals surface area contributed by atoms with E-state index >= 15 is 0 Å². The molecule has 0 spiro atoms. The molecule has 2 rings (SSSR count). The monoisotopic (exact) mass is 333 g/mol. The largest absolute Gasteiger partial charge is 0.344 e. The van der Waals surface area contributed by atoms with Gasteiger partial charge in [-0.05, 0) is 0 Å². The van der Waals surface area contributed by atoms with Crippen LogP contribution in [0, 0.1) is 0 Å². The van der Waals surface area contributed by atoms with Crippen molar-refractivity contribution in [3.63, 3.8) is 0 Å². The molecule has 0 radical (unpaired) electrons. The van der Waals surface area contributed by atoms with Crippen molar-refractivity contribution in [3.05, 3.63) is 5.82 Å². The number of aromatic nitrogens is 2. The molecule has 1 aliphatic heterocycles. The molecule has 1 aromatic heterocycles. The lowest BCUT2D eigenvalue weighted by Crippen LogP contribution is -2.48. The van der Waals surface area contributed by atoms with Crippen LogP contribution in [0.4, 0.5) is 5.13 Å². The Morgan fingerprint density at radius 2 is 1.86 bits per heavy atom. The third kappa shape index (κ3) is 4.87. The summed E-state index contributed by atoms with van der Waals surface area (Å²) >= 11 is 1.43. The maximum Gasteiger partial charge on any atom is 0.210 e. The second-order valence-corrected chi connectivity index (χ2v) is 8.81. The highest BCUT2D eigenvalue weighted by Gasteiger charge is 2.24. The van der Waals surface area contributed by atoms with Crippen LogP contribution in [0.15, 0.2) is 0 Å². The molecule has 0 bridgehead atoms. The molecule has 0 aliphatic carbocycles. The van der Waals surface area contributed by atoms with Crippen molar-refractivity contribution >= 4 is 26.7 Å². The van der Waals surface area contributed by atoms with E-state index in [1.54, 1.807) is 0 Å². The molecule has 1 aliphatic rings. The zero-order valence-electron chi connectivity index (χ0n) is 12.7. The number of piperazine rings is 1. The quantitative estimate of drug-likeness (QED) is 0.849. The lowest BCUT2D eigenvalue weighted by atomic mass is 9.96. The molecule has 1 fully saturated rings. The fraction of sp³-hybridized carbons (Fsp3) is 0.833. The average Bonchev–Trinajstić information content (AvgIpc) is 2.85. The molecular formula is C12H23N5O2S2. The standard InChI is InChI=1S/C12H23N5O2S2/c1-12(2,3)10-14-11(20-15-10)17-6-4-16(5-7-17)8-9-21(13,18)19/h4-9H2,1-3H3,(H2,13,18,19). The van der Waals surface area contributed by atoms with Crippen molar-refractivity contribution in [2.75, 3.05) is 43.4 Å². The zero-order valence-corrected chi connectivity index (χ0v) is 14.4. The molecule has 2 N–H and O–H groups in total. The minimum Gasteiger partial charge on any atom is -0.344 e. The van der Waals surface area contributed by atoms with Crippen molar-refractivity contribution < 1.29 is 8.42 Å². The van der Waals surface area contributed by atoms with Crippen LogP contribution < -0.4 is 10.0 Å². The number of hydrogen-bond acceptors (Lipinski definition) is 7. The van der Waals surface area contributed by atoms with E-state index in [4.69, 9.17) is 5.14 Å². The van der Waals surface area contributed by atoms with Gasteiger partial charge in [0.2, 0.25) is 15.2 Å². The predicted octanol–water partition coefficient (Wildman–Crippen LogP) is 0.246. The van der Waals surface area contributed by atoms with Crippen molar-refractivity contribution in [2.45, 2.75) is 26.2 Å². The van der Waals surface area contributed by atoms with Crippen LogP contribution in [-0.4, -0.2) is 61.2 Å². The Morgan fingerprint density at radius 1 is 1.24 bits per heavy atom. The Bertz CT molecular complexity index is 571. The molecule has 0 amide bonds. The Morgan fingerprint density at radius 3 is 2.33 bits per heavy atom. The summed E-state index contributed by atoms with van der Waals surface area (Å²) in [4.78, 5) is 8.94. The van der Waals surface area contributed by atoms with Crippen molar-refractivity contribution in [2.24, 2.45) is 5.14 Å². The Balaban J connectivity index is 1.88. The van der Waals surface area contributed by atoms with Gasteiger partial charge in [0.15, 0.2) is 0 Å². The highest BCUT2D eigenvalue weighted by molar-refractivity contribution is 7.89. The Kier molecular flexibility index (Phi) is 4.86. The summed E-state index contributed by atoms with van der Waals surface area (Å²) in [6.45, 7) is 10.1. The van der Waals surface area contributed by atoms with E-state index in [2.05, 4.69) is 39.9 Å². The number of hydrogen-bond donors (Lipinski definition) is 1. The van der Waals surface area contributed by atoms with Gasteiger partial charge < -0.3 is 4.90 Å². The number of nitrogens with zero attached hydrogens (tertiary/aromatic N) is 4. The minimum absolute atomic E-state index is 0.0139.